The molecule has 88 valence electrons. The van der Waals surface area contributed by atoms with Gasteiger partial charge in [-0.2, -0.15) is 0 Å². The van der Waals surface area contributed by atoms with Crippen LogP contribution in [0.3, 0.4) is 0 Å². The van der Waals surface area contributed by atoms with Gasteiger partial charge in [-0.05, 0) is 18.1 Å². The second kappa shape index (κ2) is 6.07. The molecule has 0 saturated carbocycles. The van der Waals surface area contributed by atoms with Crippen LogP contribution in [0.15, 0.2) is 18.3 Å². The number of carbonyl (C=O) groups is 1. The molecule has 5 nitrogen and oxygen atoms in total. The maximum absolute atomic E-state index is 11.4. The van der Waals surface area contributed by atoms with Crippen LogP contribution in [0.4, 0.5) is 0 Å². The number of carbonyl (C=O) groups excluding carboxylic acids is 1. The van der Waals surface area contributed by atoms with Gasteiger partial charge < -0.3 is 15.8 Å². The third kappa shape index (κ3) is 3.51. The zero-order chi connectivity index (χ0) is 12.0. The van der Waals surface area contributed by atoms with Gasteiger partial charge in [0, 0.05) is 18.8 Å². The molecule has 1 aromatic rings. The van der Waals surface area contributed by atoms with Crippen LogP contribution in [0.5, 0.6) is 5.88 Å². The lowest BCUT2D eigenvalue weighted by molar-refractivity contribution is -0.122. The number of hydrogen-bond donors (Lipinski definition) is 2. The van der Waals surface area contributed by atoms with Crippen molar-refractivity contribution in [1.29, 1.82) is 0 Å². The minimum Gasteiger partial charge on any atom is -0.481 e. The van der Waals surface area contributed by atoms with Gasteiger partial charge in [0.15, 0.2) is 0 Å². The summed E-state index contributed by atoms with van der Waals surface area (Å²) in [6.07, 6.45) is 2.27. The Bertz CT molecular complexity index is 355. The average molecular weight is 223 g/mol. The Kier molecular flexibility index (Phi) is 4.72. The quantitative estimate of drug-likeness (QED) is 0.759. The Morgan fingerprint density at radius 3 is 3.06 bits per heavy atom. The molecule has 0 aliphatic heterocycles. The maximum Gasteiger partial charge on any atom is 0.237 e. The molecule has 0 aliphatic carbocycles. The zero-order valence-corrected chi connectivity index (χ0v) is 9.56. The maximum atomic E-state index is 11.4. The number of methoxy groups -OCH3 is 1. The lowest BCUT2D eigenvalue weighted by Crippen LogP contribution is -2.39. The Morgan fingerprint density at radius 2 is 2.44 bits per heavy atom. The molecule has 1 heterocycles. The fourth-order valence-corrected chi connectivity index (χ4v) is 1.18. The van der Waals surface area contributed by atoms with Crippen molar-refractivity contribution in [3.05, 3.63) is 23.9 Å². The molecule has 1 aromatic heterocycles. The van der Waals surface area contributed by atoms with Crippen molar-refractivity contribution in [2.75, 3.05) is 7.11 Å². The number of nitrogens with two attached hydrogens (primary N) is 1. The van der Waals surface area contributed by atoms with Gasteiger partial charge in [-0.1, -0.05) is 6.92 Å². The lowest BCUT2D eigenvalue weighted by atomic mass is 10.2. The van der Waals surface area contributed by atoms with E-state index in [1.54, 1.807) is 19.4 Å². The monoisotopic (exact) mass is 223 g/mol. The zero-order valence-electron chi connectivity index (χ0n) is 9.56. The van der Waals surface area contributed by atoms with Crippen LogP contribution in [0.1, 0.15) is 18.9 Å². The van der Waals surface area contributed by atoms with Crippen LogP contribution in [-0.2, 0) is 11.3 Å². The predicted octanol–water partition coefficient (Wildman–Crippen LogP) is 0.444. The Labute approximate surface area is 95.0 Å². The number of hydrogen-bond acceptors (Lipinski definition) is 4. The number of nitrogens with zero attached hydrogens (tertiary/aromatic N) is 1. The fraction of sp³-hybridized carbons (Fsp3) is 0.455. The van der Waals surface area contributed by atoms with Gasteiger partial charge in [0.1, 0.15) is 0 Å². The van der Waals surface area contributed by atoms with Gasteiger partial charge in [0.05, 0.1) is 13.2 Å². The molecule has 0 aliphatic rings. The summed E-state index contributed by atoms with van der Waals surface area (Å²) < 4.78 is 4.98. The summed E-state index contributed by atoms with van der Waals surface area (Å²) in [5.41, 5.74) is 6.52. The molecule has 0 fully saturated rings. The molecule has 1 amide bonds. The van der Waals surface area contributed by atoms with Gasteiger partial charge in [0.25, 0.3) is 0 Å². The normalized spacial score (nSPS) is 11.9. The van der Waals surface area contributed by atoms with Crippen molar-refractivity contribution in [1.82, 2.24) is 10.3 Å². The molecule has 3 N–H and O–H groups in total. The summed E-state index contributed by atoms with van der Waals surface area (Å²) in [4.78, 5) is 15.4. The van der Waals surface area contributed by atoms with Crippen LogP contribution in [0.2, 0.25) is 0 Å². The highest BCUT2D eigenvalue weighted by molar-refractivity contribution is 5.81. The Balaban J connectivity index is 2.51. The standard InChI is InChI=1S/C11H17N3O2/c1-3-9(12)11(15)14-7-8-4-5-13-10(6-8)16-2/h4-6,9H,3,7,12H2,1-2H3,(H,14,15). The molecule has 0 saturated heterocycles. The van der Waals surface area contributed by atoms with Gasteiger partial charge in [-0.15, -0.1) is 0 Å². The SMILES string of the molecule is CCC(N)C(=O)NCc1ccnc(OC)c1. The minimum atomic E-state index is -0.441. The summed E-state index contributed by atoms with van der Waals surface area (Å²) in [6.45, 7) is 2.31. The molecule has 1 rings (SSSR count). The number of ether oxygens (including phenoxy) is 1. The smallest absolute Gasteiger partial charge is 0.237 e. The van der Waals surface area contributed by atoms with Gasteiger partial charge in [-0.25, -0.2) is 4.98 Å². The summed E-state index contributed by atoms with van der Waals surface area (Å²) in [5.74, 6) is 0.393. The van der Waals surface area contributed by atoms with Gasteiger partial charge >= 0.3 is 0 Å². The molecule has 0 radical (unpaired) electrons. The van der Waals surface area contributed by atoms with Crippen molar-refractivity contribution in [3.63, 3.8) is 0 Å². The molecular weight excluding hydrogens is 206 g/mol. The average Bonchev–Trinajstić information content (AvgIpc) is 2.35. The van der Waals surface area contributed by atoms with Gasteiger partial charge in [0.2, 0.25) is 11.8 Å². The Morgan fingerprint density at radius 1 is 1.69 bits per heavy atom. The number of nitrogens with one attached hydrogen (secondary N) is 1. The van der Waals surface area contributed by atoms with Crippen molar-refractivity contribution < 1.29 is 9.53 Å². The molecule has 1 atom stereocenters. The molecule has 5 heteroatoms. The summed E-state index contributed by atoms with van der Waals surface area (Å²) in [5, 5.41) is 2.75. The lowest BCUT2D eigenvalue weighted by Gasteiger charge is -2.10. The first-order valence-corrected chi connectivity index (χ1v) is 5.19. The van der Waals surface area contributed by atoms with E-state index in [0.717, 1.165) is 5.56 Å². The summed E-state index contributed by atoms with van der Waals surface area (Å²) in [6, 6.07) is 3.15. The van der Waals surface area contributed by atoms with Crippen LogP contribution in [-0.4, -0.2) is 24.0 Å². The van der Waals surface area contributed by atoms with Crippen LogP contribution < -0.4 is 15.8 Å². The first kappa shape index (κ1) is 12.4. The van der Waals surface area contributed by atoms with E-state index in [-0.39, 0.29) is 5.91 Å². The van der Waals surface area contributed by atoms with E-state index in [4.69, 9.17) is 10.5 Å². The molecule has 16 heavy (non-hydrogen) atoms. The van der Waals surface area contributed by atoms with E-state index in [2.05, 4.69) is 10.3 Å². The minimum absolute atomic E-state index is 0.140. The van der Waals surface area contributed by atoms with E-state index in [9.17, 15) is 4.79 Å². The summed E-state index contributed by atoms with van der Waals surface area (Å²) in [7, 11) is 1.55. The number of aromatic nitrogens is 1. The second-order valence-electron chi connectivity index (χ2n) is 3.44. The topological polar surface area (TPSA) is 77.2 Å². The predicted molar refractivity (Wildman–Crippen MR) is 60.9 cm³/mol. The fourth-order valence-electron chi connectivity index (χ4n) is 1.18. The highest BCUT2D eigenvalue weighted by Gasteiger charge is 2.09. The van der Waals surface area contributed by atoms with Crippen LogP contribution >= 0.6 is 0 Å². The first-order valence-electron chi connectivity index (χ1n) is 5.19. The van der Waals surface area contributed by atoms with Crippen molar-refractivity contribution >= 4 is 5.91 Å². The van der Waals surface area contributed by atoms with E-state index < -0.39 is 6.04 Å². The van der Waals surface area contributed by atoms with Crippen LogP contribution in [0, 0.1) is 0 Å². The van der Waals surface area contributed by atoms with Crippen molar-refractivity contribution in [3.8, 4) is 5.88 Å². The van der Waals surface area contributed by atoms with E-state index in [1.165, 1.54) is 0 Å². The number of amides is 1. The van der Waals surface area contributed by atoms with E-state index in [1.807, 2.05) is 13.0 Å². The second-order valence-corrected chi connectivity index (χ2v) is 3.44. The molecule has 0 spiro atoms. The summed E-state index contributed by atoms with van der Waals surface area (Å²) >= 11 is 0. The molecule has 1 unspecified atom stereocenters. The van der Waals surface area contributed by atoms with Gasteiger partial charge in [-0.3, -0.25) is 4.79 Å². The van der Waals surface area contributed by atoms with E-state index in [0.29, 0.717) is 18.8 Å². The number of rotatable bonds is 5. The largest absolute Gasteiger partial charge is 0.481 e. The van der Waals surface area contributed by atoms with Crippen molar-refractivity contribution in [2.45, 2.75) is 25.9 Å². The molecule has 0 bridgehead atoms. The third-order valence-corrected chi connectivity index (χ3v) is 2.25. The molecular formula is C11H17N3O2. The highest BCUT2D eigenvalue weighted by atomic mass is 16.5. The highest BCUT2D eigenvalue weighted by Crippen LogP contribution is 2.07. The Hall–Kier alpha value is -1.62. The molecule has 0 aromatic carbocycles. The van der Waals surface area contributed by atoms with Crippen LogP contribution in [0.25, 0.3) is 0 Å². The van der Waals surface area contributed by atoms with E-state index >= 15 is 0 Å². The first-order chi connectivity index (χ1) is 7.67. The van der Waals surface area contributed by atoms with Crippen molar-refractivity contribution in [2.24, 2.45) is 5.73 Å². The third-order valence-electron chi connectivity index (χ3n) is 2.25. The number of pyridine rings is 1.